The third kappa shape index (κ3) is 2.68. The molecule has 3 heterocycles. The van der Waals surface area contributed by atoms with Crippen molar-refractivity contribution in [2.45, 2.75) is 25.3 Å². The van der Waals surface area contributed by atoms with Gasteiger partial charge >= 0.3 is 6.03 Å². The molecule has 0 saturated carbocycles. The molecule has 0 aliphatic carbocycles. The zero-order chi connectivity index (χ0) is 13.2. The van der Waals surface area contributed by atoms with Crippen LogP contribution in [0.5, 0.6) is 0 Å². The third-order valence-electron chi connectivity index (χ3n) is 4.48. The van der Waals surface area contributed by atoms with E-state index in [4.69, 9.17) is 0 Å². The first kappa shape index (κ1) is 12.7. The van der Waals surface area contributed by atoms with Gasteiger partial charge in [-0.15, -0.1) is 0 Å². The van der Waals surface area contributed by atoms with Gasteiger partial charge in [0.2, 0.25) is 5.91 Å². The van der Waals surface area contributed by atoms with Crippen molar-refractivity contribution in [1.29, 1.82) is 0 Å². The van der Waals surface area contributed by atoms with Crippen molar-refractivity contribution < 1.29 is 9.59 Å². The van der Waals surface area contributed by atoms with E-state index in [1.54, 1.807) is 0 Å². The van der Waals surface area contributed by atoms with Crippen LogP contribution in [0.25, 0.3) is 0 Å². The summed E-state index contributed by atoms with van der Waals surface area (Å²) in [5.41, 5.74) is 0. The minimum atomic E-state index is 0.0605. The molecule has 0 aromatic heterocycles. The fraction of sp³-hybridized carbons (Fsp3) is 0.846. The third-order valence-corrected chi connectivity index (χ3v) is 4.48. The summed E-state index contributed by atoms with van der Waals surface area (Å²) in [7, 11) is 0. The van der Waals surface area contributed by atoms with Crippen LogP contribution in [0.2, 0.25) is 0 Å². The van der Waals surface area contributed by atoms with Gasteiger partial charge in [-0.05, 0) is 31.8 Å². The van der Waals surface area contributed by atoms with E-state index < -0.39 is 0 Å². The Morgan fingerprint density at radius 2 is 1.95 bits per heavy atom. The molecule has 3 fully saturated rings. The lowest BCUT2D eigenvalue weighted by Crippen LogP contribution is -2.49. The Labute approximate surface area is 113 Å². The first-order valence-electron chi connectivity index (χ1n) is 7.27. The summed E-state index contributed by atoms with van der Waals surface area (Å²) in [4.78, 5) is 27.6. The van der Waals surface area contributed by atoms with E-state index in [1.807, 2.05) is 9.80 Å². The zero-order valence-electron chi connectivity index (χ0n) is 11.2. The number of rotatable bonds is 3. The number of likely N-dealkylation sites (tertiary alicyclic amines) is 1. The molecule has 3 saturated heterocycles. The summed E-state index contributed by atoms with van der Waals surface area (Å²) in [5, 5.41) is 6.04. The number of hydrogen-bond donors (Lipinski definition) is 2. The number of piperidine rings is 1. The highest BCUT2D eigenvalue weighted by atomic mass is 16.2. The Morgan fingerprint density at radius 3 is 2.47 bits per heavy atom. The second-order valence-electron chi connectivity index (χ2n) is 5.77. The van der Waals surface area contributed by atoms with E-state index in [1.165, 1.54) is 0 Å². The van der Waals surface area contributed by atoms with Crippen molar-refractivity contribution in [3.63, 3.8) is 0 Å². The normalized spacial score (nSPS) is 25.4. The van der Waals surface area contributed by atoms with Gasteiger partial charge in [0, 0.05) is 38.6 Å². The summed E-state index contributed by atoms with van der Waals surface area (Å²) in [5.74, 6) is 0.824. The maximum absolute atomic E-state index is 12.1. The molecule has 0 radical (unpaired) electrons. The number of urea groups is 1. The van der Waals surface area contributed by atoms with Crippen molar-refractivity contribution in [3.05, 3.63) is 0 Å². The monoisotopic (exact) mass is 266 g/mol. The van der Waals surface area contributed by atoms with Crippen molar-refractivity contribution >= 4 is 11.9 Å². The van der Waals surface area contributed by atoms with E-state index in [9.17, 15) is 9.59 Å². The Bertz CT molecular complexity index is 362. The van der Waals surface area contributed by atoms with Crippen molar-refractivity contribution in [2.24, 2.45) is 5.92 Å². The van der Waals surface area contributed by atoms with Gasteiger partial charge in [-0.2, -0.15) is 0 Å². The Kier molecular flexibility index (Phi) is 3.59. The molecule has 0 unspecified atom stereocenters. The molecule has 0 bridgehead atoms. The molecule has 3 aliphatic heterocycles. The fourth-order valence-corrected chi connectivity index (χ4v) is 3.13. The largest absolute Gasteiger partial charge is 0.343 e. The summed E-state index contributed by atoms with van der Waals surface area (Å²) < 4.78 is 0. The molecular weight excluding hydrogens is 244 g/mol. The molecule has 6 heteroatoms. The molecular formula is C13H22N4O2. The van der Waals surface area contributed by atoms with Crippen LogP contribution < -0.4 is 10.6 Å². The quantitative estimate of drug-likeness (QED) is 0.731. The summed E-state index contributed by atoms with van der Waals surface area (Å²) in [6.07, 6.45) is 2.52. The standard InChI is InChI=1S/C13H22N4O2/c18-12(7-10-8-14-9-10)16-4-1-11(2-5-16)17-6-3-15-13(17)19/h10-11,14H,1-9H2,(H,15,19). The highest BCUT2D eigenvalue weighted by Crippen LogP contribution is 2.20. The van der Waals surface area contributed by atoms with Gasteiger partial charge in [0.25, 0.3) is 0 Å². The number of nitrogens with zero attached hydrogens (tertiary/aromatic N) is 2. The lowest BCUT2D eigenvalue weighted by molar-refractivity contribution is -0.134. The predicted octanol–water partition coefficient (Wildman–Crippen LogP) is -0.388. The summed E-state index contributed by atoms with van der Waals surface area (Å²) in [6.45, 7) is 5.13. The molecule has 2 N–H and O–H groups in total. The van der Waals surface area contributed by atoms with Crippen LogP contribution in [0.15, 0.2) is 0 Å². The van der Waals surface area contributed by atoms with Crippen LogP contribution >= 0.6 is 0 Å². The zero-order valence-corrected chi connectivity index (χ0v) is 11.2. The SMILES string of the molecule is O=C(CC1CNC1)N1CCC(N2CCNC2=O)CC1. The number of hydrogen-bond acceptors (Lipinski definition) is 3. The van der Waals surface area contributed by atoms with E-state index in [-0.39, 0.29) is 11.9 Å². The molecule has 0 aromatic carbocycles. The van der Waals surface area contributed by atoms with Crippen LogP contribution in [-0.2, 0) is 4.79 Å². The lowest BCUT2D eigenvalue weighted by atomic mass is 9.97. The Balaban J connectivity index is 1.46. The van der Waals surface area contributed by atoms with Crippen molar-refractivity contribution in [1.82, 2.24) is 20.4 Å². The number of nitrogens with one attached hydrogen (secondary N) is 2. The van der Waals surface area contributed by atoms with E-state index in [0.29, 0.717) is 18.4 Å². The minimum Gasteiger partial charge on any atom is -0.343 e. The average molecular weight is 266 g/mol. The van der Waals surface area contributed by atoms with Gasteiger partial charge in [0.05, 0.1) is 0 Å². The Hall–Kier alpha value is -1.30. The van der Waals surface area contributed by atoms with Crippen molar-refractivity contribution in [2.75, 3.05) is 39.3 Å². The van der Waals surface area contributed by atoms with Gasteiger partial charge in [-0.1, -0.05) is 0 Å². The molecule has 3 amide bonds. The Morgan fingerprint density at radius 1 is 1.21 bits per heavy atom. The van der Waals surface area contributed by atoms with Crippen LogP contribution in [-0.4, -0.2) is 67.0 Å². The summed E-state index contributed by atoms with van der Waals surface area (Å²) in [6, 6.07) is 0.377. The van der Waals surface area contributed by atoms with Crippen LogP contribution in [0.1, 0.15) is 19.3 Å². The highest BCUT2D eigenvalue weighted by Gasteiger charge is 2.32. The molecule has 3 rings (SSSR count). The first-order chi connectivity index (χ1) is 9.24. The lowest BCUT2D eigenvalue weighted by Gasteiger charge is -2.37. The minimum absolute atomic E-state index is 0.0605. The first-order valence-corrected chi connectivity index (χ1v) is 7.27. The molecule has 0 atom stereocenters. The second kappa shape index (κ2) is 5.36. The molecule has 19 heavy (non-hydrogen) atoms. The van der Waals surface area contributed by atoms with Gasteiger partial charge in [0.15, 0.2) is 0 Å². The topological polar surface area (TPSA) is 64.7 Å². The number of amides is 3. The van der Waals surface area contributed by atoms with E-state index >= 15 is 0 Å². The average Bonchev–Trinajstić information content (AvgIpc) is 2.80. The fourth-order valence-electron chi connectivity index (χ4n) is 3.13. The predicted molar refractivity (Wildman–Crippen MR) is 70.7 cm³/mol. The van der Waals surface area contributed by atoms with Crippen LogP contribution in [0, 0.1) is 5.92 Å². The number of carbonyl (C=O) groups excluding carboxylic acids is 2. The second-order valence-corrected chi connectivity index (χ2v) is 5.77. The van der Waals surface area contributed by atoms with E-state index in [0.717, 1.165) is 52.1 Å². The smallest absolute Gasteiger partial charge is 0.317 e. The molecule has 0 aromatic rings. The highest BCUT2D eigenvalue weighted by molar-refractivity contribution is 5.77. The molecule has 6 nitrogen and oxygen atoms in total. The van der Waals surface area contributed by atoms with E-state index in [2.05, 4.69) is 10.6 Å². The van der Waals surface area contributed by atoms with Gasteiger partial charge in [0.1, 0.15) is 0 Å². The maximum Gasteiger partial charge on any atom is 0.317 e. The van der Waals surface area contributed by atoms with Gasteiger partial charge in [-0.3, -0.25) is 4.79 Å². The summed E-state index contributed by atoms with van der Waals surface area (Å²) >= 11 is 0. The van der Waals surface area contributed by atoms with Gasteiger partial charge < -0.3 is 20.4 Å². The van der Waals surface area contributed by atoms with Crippen LogP contribution in [0.4, 0.5) is 4.79 Å². The molecule has 106 valence electrons. The molecule has 0 spiro atoms. The number of carbonyl (C=O) groups is 2. The molecule has 3 aliphatic rings. The van der Waals surface area contributed by atoms with Gasteiger partial charge in [-0.25, -0.2) is 4.79 Å². The maximum atomic E-state index is 12.1. The van der Waals surface area contributed by atoms with Crippen LogP contribution in [0.3, 0.4) is 0 Å². The van der Waals surface area contributed by atoms with Crippen molar-refractivity contribution in [3.8, 4) is 0 Å².